The molecular formula is C25H37N3O2. The summed E-state index contributed by atoms with van der Waals surface area (Å²) in [4.78, 5) is 0. The van der Waals surface area contributed by atoms with E-state index < -0.39 is 0 Å². The van der Waals surface area contributed by atoms with E-state index in [1.54, 1.807) is 0 Å². The highest BCUT2D eigenvalue weighted by Crippen LogP contribution is 2.33. The first kappa shape index (κ1) is 22.4. The number of rotatable bonds is 14. The van der Waals surface area contributed by atoms with E-state index in [2.05, 4.69) is 72.5 Å². The molecule has 0 saturated heterocycles. The quantitative estimate of drug-likeness (QED) is 0.372. The summed E-state index contributed by atoms with van der Waals surface area (Å²) in [6, 6.07) is 12.8. The third-order valence-electron chi connectivity index (χ3n) is 5.34. The Bertz CT molecular complexity index is 846. The summed E-state index contributed by atoms with van der Waals surface area (Å²) in [6.45, 7) is 9.97. The Balaban J connectivity index is 1.66. The molecule has 0 aliphatic heterocycles. The zero-order valence-electron chi connectivity index (χ0n) is 18.8. The molecule has 0 aliphatic rings. The average molecular weight is 412 g/mol. The predicted octanol–water partition coefficient (Wildman–Crippen LogP) is 4.87. The first-order chi connectivity index (χ1) is 14.7. The second kappa shape index (κ2) is 11.8. The highest BCUT2D eigenvalue weighted by molar-refractivity contribution is 6.08. The predicted molar refractivity (Wildman–Crippen MR) is 127 cm³/mol. The maximum absolute atomic E-state index is 6.01. The van der Waals surface area contributed by atoms with Gasteiger partial charge in [0, 0.05) is 28.9 Å². The summed E-state index contributed by atoms with van der Waals surface area (Å²) in [7, 11) is 2.12. The van der Waals surface area contributed by atoms with Crippen molar-refractivity contribution in [1.29, 1.82) is 0 Å². The van der Waals surface area contributed by atoms with Crippen molar-refractivity contribution in [2.45, 2.75) is 39.5 Å². The molecule has 30 heavy (non-hydrogen) atoms. The van der Waals surface area contributed by atoms with Crippen LogP contribution in [0.15, 0.2) is 36.4 Å². The van der Waals surface area contributed by atoms with E-state index in [1.807, 2.05) is 0 Å². The maximum atomic E-state index is 6.01. The Hall–Kier alpha value is -2.24. The Morgan fingerprint density at radius 1 is 0.700 bits per heavy atom. The van der Waals surface area contributed by atoms with Gasteiger partial charge in [-0.15, -0.1) is 0 Å². The summed E-state index contributed by atoms with van der Waals surface area (Å²) in [5, 5.41) is 9.25. The molecule has 3 aromatic rings. The van der Waals surface area contributed by atoms with Crippen LogP contribution in [0.3, 0.4) is 0 Å². The van der Waals surface area contributed by atoms with Crippen LogP contribution in [0.1, 0.15) is 39.5 Å². The topological polar surface area (TPSA) is 47.4 Å². The molecule has 0 radical (unpaired) electrons. The zero-order chi connectivity index (χ0) is 21.2. The molecule has 0 fully saturated rings. The SMILES string of the molecule is CCCNCCCOc1ccc2c(c1)c1cc(OCCCNCCC)ccc1n2C. The molecule has 2 aromatic carbocycles. The Morgan fingerprint density at radius 3 is 1.60 bits per heavy atom. The lowest BCUT2D eigenvalue weighted by molar-refractivity contribution is 0.308. The van der Waals surface area contributed by atoms with Crippen molar-refractivity contribution in [1.82, 2.24) is 15.2 Å². The van der Waals surface area contributed by atoms with Crippen LogP contribution < -0.4 is 20.1 Å². The fourth-order valence-electron chi connectivity index (χ4n) is 3.73. The first-order valence-electron chi connectivity index (χ1n) is 11.4. The molecular weight excluding hydrogens is 374 g/mol. The number of fused-ring (bicyclic) bond motifs is 3. The fraction of sp³-hybridized carbons (Fsp3) is 0.520. The summed E-state index contributed by atoms with van der Waals surface area (Å²) >= 11 is 0. The highest BCUT2D eigenvalue weighted by atomic mass is 16.5. The molecule has 0 spiro atoms. The van der Waals surface area contributed by atoms with Crippen LogP contribution >= 0.6 is 0 Å². The molecule has 1 heterocycles. The molecule has 0 aliphatic carbocycles. The average Bonchev–Trinajstić information content (AvgIpc) is 3.04. The van der Waals surface area contributed by atoms with Gasteiger partial charge in [-0.25, -0.2) is 0 Å². The van der Waals surface area contributed by atoms with Gasteiger partial charge in [0.1, 0.15) is 11.5 Å². The number of hydrogen-bond donors (Lipinski definition) is 2. The molecule has 0 amide bonds. The molecule has 0 unspecified atom stereocenters. The van der Waals surface area contributed by atoms with Gasteiger partial charge in [0.15, 0.2) is 0 Å². The maximum Gasteiger partial charge on any atom is 0.120 e. The van der Waals surface area contributed by atoms with Crippen molar-refractivity contribution >= 4 is 21.8 Å². The molecule has 0 atom stereocenters. The Morgan fingerprint density at radius 2 is 1.17 bits per heavy atom. The summed E-state index contributed by atoms with van der Waals surface area (Å²) in [5.41, 5.74) is 2.42. The Labute approximate surface area is 180 Å². The van der Waals surface area contributed by atoms with Gasteiger partial charge >= 0.3 is 0 Å². The van der Waals surface area contributed by atoms with Gasteiger partial charge in [-0.3, -0.25) is 0 Å². The smallest absolute Gasteiger partial charge is 0.120 e. The van der Waals surface area contributed by atoms with Crippen molar-refractivity contribution in [3.05, 3.63) is 36.4 Å². The van der Waals surface area contributed by atoms with E-state index in [0.29, 0.717) is 0 Å². The van der Waals surface area contributed by atoms with E-state index >= 15 is 0 Å². The molecule has 0 saturated carbocycles. The van der Waals surface area contributed by atoms with Crippen LogP contribution in [-0.4, -0.2) is 44.0 Å². The van der Waals surface area contributed by atoms with Gasteiger partial charge < -0.3 is 24.7 Å². The van der Waals surface area contributed by atoms with Crippen molar-refractivity contribution < 1.29 is 9.47 Å². The minimum absolute atomic E-state index is 0.730. The summed E-state index contributed by atoms with van der Waals surface area (Å²) < 4.78 is 14.3. The van der Waals surface area contributed by atoms with Crippen molar-refractivity contribution in [3.63, 3.8) is 0 Å². The van der Waals surface area contributed by atoms with Gasteiger partial charge in [-0.05, 0) is 88.3 Å². The minimum atomic E-state index is 0.730. The molecule has 164 valence electrons. The van der Waals surface area contributed by atoms with Crippen LogP contribution in [0.2, 0.25) is 0 Å². The number of nitrogens with zero attached hydrogens (tertiary/aromatic N) is 1. The van der Waals surface area contributed by atoms with E-state index in [9.17, 15) is 0 Å². The molecule has 5 heteroatoms. The molecule has 2 N–H and O–H groups in total. The third kappa shape index (κ3) is 5.89. The standard InChI is InChI=1S/C25H37N3O2/c1-4-12-26-14-6-16-29-20-8-10-24-22(18-20)23-19-21(9-11-25(23)28(24)3)30-17-7-15-27-13-5-2/h8-11,18-19,26-27H,4-7,12-17H2,1-3H3. The van der Waals surface area contributed by atoms with Crippen LogP contribution in [0.5, 0.6) is 11.5 Å². The van der Waals surface area contributed by atoms with Crippen LogP contribution in [-0.2, 0) is 7.05 Å². The van der Waals surface area contributed by atoms with Gasteiger partial charge in [-0.1, -0.05) is 13.8 Å². The number of nitrogens with one attached hydrogen (secondary N) is 2. The van der Waals surface area contributed by atoms with Crippen LogP contribution in [0.4, 0.5) is 0 Å². The van der Waals surface area contributed by atoms with Crippen molar-refractivity contribution in [3.8, 4) is 11.5 Å². The number of ether oxygens (including phenoxy) is 2. The lowest BCUT2D eigenvalue weighted by Gasteiger charge is -2.08. The van der Waals surface area contributed by atoms with Crippen LogP contribution in [0.25, 0.3) is 21.8 Å². The van der Waals surface area contributed by atoms with E-state index in [1.165, 1.54) is 34.6 Å². The lowest BCUT2D eigenvalue weighted by Crippen LogP contribution is -2.18. The molecule has 5 nitrogen and oxygen atoms in total. The third-order valence-corrected chi connectivity index (χ3v) is 5.34. The second-order valence-electron chi connectivity index (χ2n) is 7.82. The number of hydrogen-bond acceptors (Lipinski definition) is 4. The van der Waals surface area contributed by atoms with Gasteiger partial charge in [-0.2, -0.15) is 0 Å². The molecule has 1 aromatic heterocycles. The summed E-state index contributed by atoms with van der Waals surface area (Å²) in [6.07, 6.45) is 4.36. The van der Waals surface area contributed by atoms with E-state index in [0.717, 1.165) is 63.7 Å². The minimum Gasteiger partial charge on any atom is -0.494 e. The highest BCUT2D eigenvalue weighted by Gasteiger charge is 2.10. The normalized spacial score (nSPS) is 11.4. The zero-order valence-corrected chi connectivity index (χ0v) is 18.8. The Kier molecular flexibility index (Phi) is 8.84. The van der Waals surface area contributed by atoms with Crippen molar-refractivity contribution in [2.24, 2.45) is 7.05 Å². The largest absolute Gasteiger partial charge is 0.494 e. The van der Waals surface area contributed by atoms with E-state index in [-0.39, 0.29) is 0 Å². The number of aryl methyl sites for hydroxylation is 1. The van der Waals surface area contributed by atoms with Gasteiger partial charge in [0.05, 0.1) is 13.2 Å². The molecule has 3 rings (SSSR count). The second-order valence-corrected chi connectivity index (χ2v) is 7.82. The number of benzene rings is 2. The monoisotopic (exact) mass is 411 g/mol. The fourth-order valence-corrected chi connectivity index (χ4v) is 3.73. The van der Waals surface area contributed by atoms with Gasteiger partial charge in [0.2, 0.25) is 0 Å². The van der Waals surface area contributed by atoms with Gasteiger partial charge in [0.25, 0.3) is 0 Å². The molecule has 0 bridgehead atoms. The first-order valence-corrected chi connectivity index (χ1v) is 11.4. The van der Waals surface area contributed by atoms with E-state index in [4.69, 9.17) is 9.47 Å². The lowest BCUT2D eigenvalue weighted by atomic mass is 10.1. The summed E-state index contributed by atoms with van der Waals surface area (Å²) in [5.74, 6) is 1.86. The van der Waals surface area contributed by atoms with Crippen molar-refractivity contribution in [2.75, 3.05) is 39.4 Å². The number of aromatic nitrogens is 1. The van der Waals surface area contributed by atoms with Crippen LogP contribution in [0, 0.1) is 0 Å².